The highest BCUT2D eigenvalue weighted by atomic mass is 16.3. The van der Waals surface area contributed by atoms with Crippen molar-refractivity contribution in [2.45, 2.75) is 32.3 Å². The first-order valence-electron chi connectivity index (χ1n) is 4.87. The van der Waals surface area contributed by atoms with E-state index in [9.17, 15) is 5.11 Å². The monoisotopic (exact) mass is 176 g/mol. The van der Waals surface area contributed by atoms with Gasteiger partial charge in [0, 0.05) is 0 Å². The van der Waals surface area contributed by atoms with Gasteiger partial charge in [0.15, 0.2) is 0 Å². The molecular formula is C12H16O. The van der Waals surface area contributed by atoms with Crippen LogP contribution in [0.25, 0.3) is 0 Å². The number of rotatable bonds is 0. The van der Waals surface area contributed by atoms with Crippen LogP contribution in [0.1, 0.15) is 37.8 Å². The van der Waals surface area contributed by atoms with Crippen molar-refractivity contribution < 1.29 is 5.11 Å². The van der Waals surface area contributed by atoms with Crippen LogP contribution in [0.2, 0.25) is 0 Å². The van der Waals surface area contributed by atoms with E-state index in [2.05, 4.69) is 19.9 Å². The van der Waals surface area contributed by atoms with Gasteiger partial charge in [0.1, 0.15) is 0 Å². The van der Waals surface area contributed by atoms with Crippen LogP contribution in [0.3, 0.4) is 0 Å². The molecule has 13 heavy (non-hydrogen) atoms. The first-order chi connectivity index (χ1) is 6.05. The fraction of sp³-hybridized carbons (Fsp3) is 0.500. The van der Waals surface area contributed by atoms with Crippen molar-refractivity contribution in [3.63, 3.8) is 0 Å². The van der Waals surface area contributed by atoms with Crippen molar-refractivity contribution in [1.29, 1.82) is 0 Å². The lowest BCUT2D eigenvalue weighted by Crippen LogP contribution is -2.25. The highest BCUT2D eigenvalue weighted by molar-refractivity contribution is 5.40. The van der Waals surface area contributed by atoms with Gasteiger partial charge in [0.25, 0.3) is 0 Å². The normalized spacial score (nSPS) is 37.5. The third kappa shape index (κ3) is 1.03. The first-order valence-corrected chi connectivity index (χ1v) is 4.87. The van der Waals surface area contributed by atoms with Crippen LogP contribution in [0.4, 0.5) is 0 Å². The molecule has 0 aromatic heterocycles. The molecule has 1 aliphatic rings. The van der Waals surface area contributed by atoms with Gasteiger partial charge in [-0.3, -0.25) is 0 Å². The minimum atomic E-state index is -0.643. The fourth-order valence-electron chi connectivity index (χ4n) is 2.36. The van der Waals surface area contributed by atoms with Crippen LogP contribution < -0.4 is 0 Å². The Morgan fingerprint density at radius 2 is 1.85 bits per heavy atom. The Morgan fingerprint density at radius 1 is 1.23 bits per heavy atom. The molecule has 1 N–H and O–H groups in total. The lowest BCUT2D eigenvalue weighted by atomic mass is 9.87. The second-order valence-electron chi connectivity index (χ2n) is 4.31. The summed E-state index contributed by atoms with van der Waals surface area (Å²) in [5.41, 5.74) is 1.77. The average Bonchev–Trinajstić information content (AvgIpc) is 2.30. The molecule has 1 aliphatic carbocycles. The molecule has 1 aromatic rings. The molecule has 0 saturated heterocycles. The van der Waals surface area contributed by atoms with E-state index in [0.717, 1.165) is 5.56 Å². The summed E-state index contributed by atoms with van der Waals surface area (Å²) in [4.78, 5) is 0. The van der Waals surface area contributed by atoms with Gasteiger partial charge >= 0.3 is 0 Å². The van der Waals surface area contributed by atoms with Gasteiger partial charge in [-0.05, 0) is 29.9 Å². The summed E-state index contributed by atoms with van der Waals surface area (Å²) < 4.78 is 0. The average molecular weight is 176 g/mol. The molecule has 70 valence electrons. The zero-order chi connectivity index (χ0) is 9.64. The second kappa shape index (κ2) is 2.58. The Balaban J connectivity index is 2.61. The van der Waals surface area contributed by atoms with E-state index in [1.807, 2.05) is 25.1 Å². The molecule has 0 spiro atoms. The highest BCUT2D eigenvalue weighted by Gasteiger charge is 2.42. The van der Waals surface area contributed by atoms with Crippen LogP contribution in [0.15, 0.2) is 24.3 Å². The van der Waals surface area contributed by atoms with Gasteiger partial charge < -0.3 is 5.11 Å². The molecule has 1 aromatic carbocycles. The fourth-order valence-corrected chi connectivity index (χ4v) is 2.36. The predicted octanol–water partition coefficient (Wildman–Crippen LogP) is 2.65. The van der Waals surface area contributed by atoms with E-state index in [0.29, 0.717) is 11.8 Å². The highest BCUT2D eigenvalue weighted by Crippen LogP contribution is 2.48. The number of fused-ring (bicyclic) bond motifs is 1. The molecule has 1 heteroatoms. The summed E-state index contributed by atoms with van der Waals surface area (Å²) in [6, 6.07) is 8.20. The van der Waals surface area contributed by atoms with Crippen molar-refractivity contribution in [3.05, 3.63) is 35.4 Å². The zero-order valence-corrected chi connectivity index (χ0v) is 8.41. The molecule has 0 amide bonds. The minimum Gasteiger partial charge on any atom is -0.385 e. The van der Waals surface area contributed by atoms with Crippen LogP contribution in [-0.4, -0.2) is 5.11 Å². The third-order valence-corrected chi connectivity index (χ3v) is 3.63. The molecule has 2 rings (SSSR count). The smallest absolute Gasteiger partial charge is 0.0902 e. The SMILES string of the molecule is C[C@H]1c2ccccc2[C@@](C)(O)[C@H]1C. The van der Waals surface area contributed by atoms with Gasteiger partial charge in [0.2, 0.25) is 0 Å². The van der Waals surface area contributed by atoms with Crippen molar-refractivity contribution in [2.75, 3.05) is 0 Å². The van der Waals surface area contributed by atoms with Gasteiger partial charge in [0.05, 0.1) is 5.60 Å². The van der Waals surface area contributed by atoms with E-state index in [-0.39, 0.29) is 0 Å². The summed E-state index contributed by atoms with van der Waals surface area (Å²) in [5, 5.41) is 10.3. The van der Waals surface area contributed by atoms with E-state index < -0.39 is 5.60 Å². The standard InChI is InChI=1S/C12H16O/c1-8-9(2)12(3,13)11-7-5-4-6-10(8)11/h4-9,13H,1-3H3/t8-,9+,12+/m1/s1. The first kappa shape index (κ1) is 8.76. The van der Waals surface area contributed by atoms with Gasteiger partial charge in [-0.25, -0.2) is 0 Å². The van der Waals surface area contributed by atoms with Crippen molar-refractivity contribution in [1.82, 2.24) is 0 Å². The topological polar surface area (TPSA) is 20.2 Å². The summed E-state index contributed by atoms with van der Waals surface area (Å²) in [7, 11) is 0. The van der Waals surface area contributed by atoms with Crippen LogP contribution in [0.5, 0.6) is 0 Å². The van der Waals surface area contributed by atoms with Gasteiger partial charge in [-0.15, -0.1) is 0 Å². The number of hydrogen-bond acceptors (Lipinski definition) is 1. The molecule has 0 unspecified atom stereocenters. The maximum absolute atomic E-state index is 10.3. The molecule has 0 fully saturated rings. The summed E-state index contributed by atoms with van der Waals surface area (Å²) in [6.45, 7) is 6.22. The van der Waals surface area contributed by atoms with Crippen LogP contribution in [0, 0.1) is 5.92 Å². The lowest BCUT2D eigenvalue weighted by Gasteiger charge is -2.25. The van der Waals surface area contributed by atoms with Crippen LogP contribution in [-0.2, 0) is 5.60 Å². The van der Waals surface area contributed by atoms with Crippen molar-refractivity contribution in [2.24, 2.45) is 5.92 Å². The Labute approximate surface area is 79.4 Å². The van der Waals surface area contributed by atoms with Crippen LogP contribution >= 0.6 is 0 Å². The minimum absolute atomic E-state index is 0.310. The van der Waals surface area contributed by atoms with E-state index in [1.54, 1.807) is 0 Å². The molecular weight excluding hydrogens is 160 g/mol. The number of aliphatic hydroxyl groups is 1. The van der Waals surface area contributed by atoms with E-state index in [1.165, 1.54) is 5.56 Å². The van der Waals surface area contributed by atoms with Gasteiger partial charge in [-0.1, -0.05) is 38.1 Å². The Hall–Kier alpha value is -0.820. The molecule has 1 nitrogen and oxygen atoms in total. The Bertz CT molecular complexity index is 328. The quantitative estimate of drug-likeness (QED) is 0.644. The van der Waals surface area contributed by atoms with E-state index >= 15 is 0 Å². The Kier molecular flexibility index (Phi) is 1.74. The summed E-state index contributed by atoms with van der Waals surface area (Å²) in [6.07, 6.45) is 0. The molecule has 3 atom stereocenters. The lowest BCUT2D eigenvalue weighted by molar-refractivity contribution is 0.00827. The third-order valence-electron chi connectivity index (χ3n) is 3.63. The molecule has 0 aliphatic heterocycles. The van der Waals surface area contributed by atoms with Crippen molar-refractivity contribution >= 4 is 0 Å². The Morgan fingerprint density at radius 3 is 2.46 bits per heavy atom. The predicted molar refractivity (Wildman–Crippen MR) is 53.6 cm³/mol. The van der Waals surface area contributed by atoms with Crippen molar-refractivity contribution in [3.8, 4) is 0 Å². The molecule has 0 heterocycles. The number of hydrogen-bond donors (Lipinski definition) is 1. The largest absolute Gasteiger partial charge is 0.385 e. The maximum Gasteiger partial charge on any atom is 0.0902 e. The second-order valence-corrected chi connectivity index (χ2v) is 4.31. The maximum atomic E-state index is 10.3. The zero-order valence-electron chi connectivity index (χ0n) is 8.41. The molecule has 0 bridgehead atoms. The summed E-state index contributed by atoms with van der Waals surface area (Å²) >= 11 is 0. The van der Waals surface area contributed by atoms with E-state index in [4.69, 9.17) is 0 Å². The molecule has 0 radical (unpaired) electrons. The summed E-state index contributed by atoms with van der Waals surface area (Å²) in [5.74, 6) is 0.774. The molecule has 0 saturated carbocycles. The van der Waals surface area contributed by atoms with Gasteiger partial charge in [-0.2, -0.15) is 0 Å². The number of benzene rings is 1.